The van der Waals surface area contributed by atoms with Crippen molar-refractivity contribution in [2.24, 2.45) is 5.92 Å². The van der Waals surface area contributed by atoms with Crippen LogP contribution in [0.1, 0.15) is 36.8 Å². The van der Waals surface area contributed by atoms with Crippen molar-refractivity contribution in [2.75, 3.05) is 13.1 Å². The van der Waals surface area contributed by atoms with Crippen LogP contribution in [0.4, 0.5) is 0 Å². The average molecular weight is 393 g/mol. The van der Waals surface area contributed by atoms with Crippen LogP contribution < -0.4 is 0 Å². The van der Waals surface area contributed by atoms with E-state index in [1.807, 2.05) is 36.4 Å². The first-order chi connectivity index (χ1) is 14.1. The fourth-order valence-electron chi connectivity index (χ4n) is 4.49. The maximum atomic E-state index is 13.2. The molecule has 2 aliphatic rings. The van der Waals surface area contributed by atoms with Gasteiger partial charge in [-0.05, 0) is 30.5 Å². The van der Waals surface area contributed by atoms with Crippen molar-refractivity contribution in [3.63, 3.8) is 0 Å². The number of carbonyl (C=O) groups excluding carboxylic acids is 2. The Bertz CT molecular complexity index is 854. The molecule has 29 heavy (non-hydrogen) atoms. The molecule has 1 aliphatic carbocycles. The highest BCUT2D eigenvalue weighted by Crippen LogP contribution is 2.38. The molecule has 0 amide bonds. The first kappa shape index (κ1) is 19.8. The van der Waals surface area contributed by atoms with Gasteiger partial charge in [0.1, 0.15) is 11.9 Å². The van der Waals surface area contributed by atoms with E-state index in [0.717, 1.165) is 13.1 Å². The van der Waals surface area contributed by atoms with Gasteiger partial charge >= 0.3 is 5.97 Å². The normalized spacial score (nSPS) is 24.4. The predicted molar refractivity (Wildman–Crippen MR) is 109 cm³/mol. The van der Waals surface area contributed by atoms with Crippen molar-refractivity contribution >= 4 is 11.8 Å². The lowest BCUT2D eigenvalue weighted by Crippen LogP contribution is -2.46. The summed E-state index contributed by atoms with van der Waals surface area (Å²) in [4.78, 5) is 27.0. The van der Waals surface area contributed by atoms with E-state index in [-0.39, 0.29) is 18.1 Å². The Morgan fingerprint density at radius 3 is 2.41 bits per heavy atom. The Morgan fingerprint density at radius 1 is 1.07 bits per heavy atom. The van der Waals surface area contributed by atoms with Gasteiger partial charge in [-0.1, -0.05) is 60.7 Å². The highest BCUT2D eigenvalue weighted by molar-refractivity contribution is 5.84. The largest absolute Gasteiger partial charge is 0.459 e. The summed E-state index contributed by atoms with van der Waals surface area (Å²) in [5.41, 5.74) is 0.0579. The molecule has 1 saturated carbocycles. The molecule has 1 saturated heterocycles. The van der Waals surface area contributed by atoms with E-state index in [4.69, 9.17) is 4.74 Å². The standard InChI is InChI=1S/C24H27NO4/c26-21-11-12-22(15-21)29-23(27)24(28,19-9-5-2-6-10-19)20-13-14-25(17-20)16-18-7-3-1-4-8-18/h1-10,20,22,28H,11-17H2/t20-,22?,24-/m0/s1. The molecule has 4 rings (SSSR count). The minimum Gasteiger partial charge on any atom is -0.459 e. The van der Waals surface area contributed by atoms with Gasteiger partial charge in [0, 0.05) is 31.8 Å². The third-order valence-electron chi connectivity index (χ3n) is 6.11. The average Bonchev–Trinajstić information content (AvgIpc) is 3.38. The number of hydrogen-bond acceptors (Lipinski definition) is 5. The topological polar surface area (TPSA) is 66.8 Å². The van der Waals surface area contributed by atoms with Crippen molar-refractivity contribution in [3.05, 3.63) is 71.8 Å². The van der Waals surface area contributed by atoms with E-state index in [1.165, 1.54) is 5.56 Å². The van der Waals surface area contributed by atoms with Gasteiger partial charge in [-0.15, -0.1) is 0 Å². The summed E-state index contributed by atoms with van der Waals surface area (Å²) in [5, 5.41) is 11.7. The number of ether oxygens (including phenoxy) is 1. The Kier molecular flexibility index (Phi) is 5.79. The molecule has 2 aromatic rings. The van der Waals surface area contributed by atoms with Crippen molar-refractivity contribution in [2.45, 2.75) is 43.9 Å². The van der Waals surface area contributed by atoms with Crippen molar-refractivity contribution in [1.29, 1.82) is 0 Å². The lowest BCUT2D eigenvalue weighted by atomic mass is 9.80. The van der Waals surface area contributed by atoms with E-state index in [1.54, 1.807) is 12.1 Å². The van der Waals surface area contributed by atoms with E-state index in [0.29, 0.717) is 31.4 Å². The number of esters is 1. The van der Waals surface area contributed by atoms with Crippen LogP contribution in [0.25, 0.3) is 0 Å². The molecular weight excluding hydrogens is 366 g/mol. The zero-order valence-electron chi connectivity index (χ0n) is 16.5. The molecule has 0 aromatic heterocycles. The summed E-state index contributed by atoms with van der Waals surface area (Å²) in [7, 11) is 0. The number of carbonyl (C=O) groups is 2. The second-order valence-electron chi connectivity index (χ2n) is 8.15. The Morgan fingerprint density at radius 2 is 1.76 bits per heavy atom. The third kappa shape index (κ3) is 4.26. The number of hydrogen-bond donors (Lipinski definition) is 1. The van der Waals surface area contributed by atoms with Crippen LogP contribution in [-0.2, 0) is 26.5 Å². The zero-order chi connectivity index (χ0) is 20.3. The summed E-state index contributed by atoms with van der Waals surface area (Å²) in [6, 6.07) is 19.3. The summed E-state index contributed by atoms with van der Waals surface area (Å²) in [5.74, 6) is -0.783. The van der Waals surface area contributed by atoms with Crippen LogP contribution >= 0.6 is 0 Å². The van der Waals surface area contributed by atoms with Crippen LogP contribution in [0.3, 0.4) is 0 Å². The van der Waals surface area contributed by atoms with Crippen LogP contribution in [0.5, 0.6) is 0 Å². The summed E-state index contributed by atoms with van der Waals surface area (Å²) in [6.07, 6.45) is 1.52. The number of nitrogens with zero attached hydrogens (tertiary/aromatic N) is 1. The maximum absolute atomic E-state index is 13.2. The van der Waals surface area contributed by atoms with Crippen molar-refractivity contribution < 1.29 is 19.4 Å². The molecule has 0 radical (unpaired) electrons. The van der Waals surface area contributed by atoms with Crippen molar-refractivity contribution in [3.8, 4) is 0 Å². The number of benzene rings is 2. The molecule has 1 heterocycles. The molecule has 1 aliphatic heterocycles. The Labute approximate surface area is 171 Å². The molecule has 0 bridgehead atoms. The highest BCUT2D eigenvalue weighted by Gasteiger charge is 2.50. The fraction of sp³-hybridized carbons (Fsp3) is 0.417. The first-order valence-electron chi connectivity index (χ1n) is 10.3. The molecule has 1 N–H and O–H groups in total. The molecule has 3 atom stereocenters. The zero-order valence-corrected chi connectivity index (χ0v) is 16.5. The maximum Gasteiger partial charge on any atom is 0.343 e. The molecule has 152 valence electrons. The van der Waals surface area contributed by atoms with Crippen LogP contribution in [-0.4, -0.2) is 41.0 Å². The monoisotopic (exact) mass is 393 g/mol. The molecule has 2 fully saturated rings. The number of aliphatic hydroxyl groups is 1. The molecule has 1 unspecified atom stereocenters. The fourth-order valence-corrected chi connectivity index (χ4v) is 4.49. The molecule has 0 spiro atoms. The Balaban J connectivity index is 1.53. The summed E-state index contributed by atoms with van der Waals surface area (Å²) in [6.45, 7) is 2.21. The second-order valence-corrected chi connectivity index (χ2v) is 8.15. The van der Waals surface area contributed by atoms with Gasteiger partial charge in [-0.2, -0.15) is 0 Å². The molecule has 5 nitrogen and oxygen atoms in total. The lowest BCUT2D eigenvalue weighted by molar-refractivity contribution is -0.178. The van der Waals surface area contributed by atoms with Gasteiger partial charge in [0.25, 0.3) is 0 Å². The smallest absolute Gasteiger partial charge is 0.343 e. The van der Waals surface area contributed by atoms with Gasteiger partial charge in [0.15, 0.2) is 5.60 Å². The first-order valence-corrected chi connectivity index (χ1v) is 10.3. The number of likely N-dealkylation sites (tertiary alicyclic amines) is 1. The molecule has 5 heteroatoms. The Hall–Kier alpha value is -2.50. The van der Waals surface area contributed by atoms with Crippen LogP contribution in [0.2, 0.25) is 0 Å². The van der Waals surface area contributed by atoms with Crippen LogP contribution in [0, 0.1) is 5.92 Å². The van der Waals surface area contributed by atoms with Gasteiger partial charge in [0.05, 0.1) is 0 Å². The van der Waals surface area contributed by atoms with Crippen molar-refractivity contribution in [1.82, 2.24) is 4.90 Å². The lowest BCUT2D eigenvalue weighted by Gasteiger charge is -2.33. The van der Waals surface area contributed by atoms with Gasteiger partial charge in [0.2, 0.25) is 0 Å². The number of rotatable bonds is 6. The number of Topliss-reactive ketones (excluding diaryl/α,β-unsaturated/α-hetero) is 1. The summed E-state index contributed by atoms with van der Waals surface area (Å²) >= 11 is 0. The minimum atomic E-state index is -1.71. The second kappa shape index (κ2) is 8.47. The quantitative estimate of drug-likeness (QED) is 0.764. The SMILES string of the molecule is O=C1CCC(OC(=O)[C@](O)(c2ccccc2)[C@H]2CCN(Cc3ccccc3)C2)C1. The minimum absolute atomic E-state index is 0.112. The third-order valence-corrected chi connectivity index (χ3v) is 6.11. The van der Waals surface area contributed by atoms with Gasteiger partial charge in [-0.25, -0.2) is 4.79 Å². The summed E-state index contributed by atoms with van der Waals surface area (Å²) < 4.78 is 5.64. The molecule has 2 aromatic carbocycles. The van der Waals surface area contributed by atoms with Gasteiger partial charge < -0.3 is 9.84 Å². The molecular formula is C24H27NO4. The van der Waals surface area contributed by atoms with E-state index < -0.39 is 17.7 Å². The van der Waals surface area contributed by atoms with Crippen LogP contribution in [0.15, 0.2) is 60.7 Å². The highest BCUT2D eigenvalue weighted by atomic mass is 16.6. The number of ketones is 1. The predicted octanol–water partition coefficient (Wildman–Crippen LogP) is 3.06. The van der Waals surface area contributed by atoms with E-state index in [9.17, 15) is 14.7 Å². The van der Waals surface area contributed by atoms with E-state index in [2.05, 4.69) is 17.0 Å². The van der Waals surface area contributed by atoms with Gasteiger partial charge in [-0.3, -0.25) is 9.69 Å². The van der Waals surface area contributed by atoms with E-state index >= 15 is 0 Å².